The van der Waals surface area contributed by atoms with Crippen LogP contribution in [-0.2, 0) is 16.6 Å². The quantitative estimate of drug-likeness (QED) is 0.580. The van der Waals surface area contributed by atoms with Gasteiger partial charge < -0.3 is 14.6 Å². The number of benzene rings is 2. The minimum absolute atomic E-state index is 0.0692. The number of methoxy groups -OCH3 is 2. The minimum Gasteiger partial charge on any atom is -0.497 e. The van der Waals surface area contributed by atoms with E-state index in [2.05, 4.69) is 0 Å². The van der Waals surface area contributed by atoms with Crippen LogP contribution in [0.15, 0.2) is 64.9 Å². The Balaban J connectivity index is 2.15. The van der Waals surface area contributed by atoms with Gasteiger partial charge in [-0.3, -0.25) is 4.31 Å². The molecule has 0 saturated carbocycles. The van der Waals surface area contributed by atoms with Gasteiger partial charge in [0, 0.05) is 4.88 Å². The van der Waals surface area contributed by atoms with E-state index in [9.17, 15) is 18.3 Å². The van der Waals surface area contributed by atoms with Gasteiger partial charge in [-0.1, -0.05) is 6.07 Å². The number of ether oxygens (including phenoxy) is 2. The molecule has 0 unspecified atom stereocenters. The Labute approximate surface area is 172 Å². The lowest BCUT2D eigenvalue weighted by Gasteiger charge is -2.25. The molecule has 0 amide bonds. The van der Waals surface area contributed by atoms with Crippen LogP contribution in [0.2, 0.25) is 0 Å². The summed E-state index contributed by atoms with van der Waals surface area (Å²) in [5, 5.41) is 11.2. The number of thiophene rings is 1. The summed E-state index contributed by atoms with van der Waals surface area (Å²) in [4.78, 5) is 12.0. The zero-order valence-corrected chi connectivity index (χ0v) is 17.4. The van der Waals surface area contributed by atoms with Gasteiger partial charge in [0.25, 0.3) is 10.0 Å². The van der Waals surface area contributed by atoms with Gasteiger partial charge in [0.15, 0.2) is 0 Å². The number of aromatic carboxylic acids is 1. The van der Waals surface area contributed by atoms with Crippen LogP contribution >= 0.6 is 11.3 Å². The van der Waals surface area contributed by atoms with Gasteiger partial charge in [-0.25, -0.2) is 13.2 Å². The Bertz CT molecular complexity index is 1090. The molecule has 152 valence electrons. The average Bonchev–Trinajstić information content (AvgIpc) is 3.25. The van der Waals surface area contributed by atoms with Crippen LogP contribution in [0.5, 0.6) is 11.5 Å². The summed E-state index contributed by atoms with van der Waals surface area (Å²) in [7, 11) is -1.27. The van der Waals surface area contributed by atoms with Crippen molar-refractivity contribution in [2.24, 2.45) is 0 Å². The Morgan fingerprint density at radius 3 is 2.34 bits per heavy atom. The Kier molecular flexibility index (Phi) is 6.09. The lowest BCUT2D eigenvalue weighted by Crippen LogP contribution is -2.30. The second-order valence-electron chi connectivity index (χ2n) is 5.96. The van der Waals surface area contributed by atoms with Crippen molar-refractivity contribution in [3.8, 4) is 11.5 Å². The van der Waals surface area contributed by atoms with Crippen LogP contribution in [0.3, 0.4) is 0 Å². The first-order valence-electron chi connectivity index (χ1n) is 8.47. The van der Waals surface area contributed by atoms with Crippen molar-refractivity contribution < 1.29 is 27.8 Å². The first-order chi connectivity index (χ1) is 13.9. The summed E-state index contributed by atoms with van der Waals surface area (Å²) in [5.74, 6) is -0.564. The minimum atomic E-state index is -4.14. The van der Waals surface area contributed by atoms with Gasteiger partial charge in [0.1, 0.15) is 16.4 Å². The summed E-state index contributed by atoms with van der Waals surface area (Å²) >= 11 is 1.43. The van der Waals surface area contributed by atoms with Gasteiger partial charge in [-0.05, 0) is 53.9 Å². The van der Waals surface area contributed by atoms with E-state index in [0.717, 1.165) is 10.9 Å². The molecule has 0 atom stereocenters. The zero-order chi connectivity index (χ0) is 21.0. The molecular weight excluding hydrogens is 414 g/mol. The molecule has 3 rings (SSSR count). The topological polar surface area (TPSA) is 93.1 Å². The first kappa shape index (κ1) is 20.7. The number of hydrogen-bond acceptors (Lipinski definition) is 6. The first-order valence-corrected chi connectivity index (χ1v) is 10.8. The van der Waals surface area contributed by atoms with Crippen molar-refractivity contribution in [2.75, 3.05) is 18.5 Å². The fraction of sp³-hybridized carbons (Fsp3) is 0.150. The van der Waals surface area contributed by atoms with E-state index < -0.39 is 16.0 Å². The third-order valence-corrected chi connectivity index (χ3v) is 6.87. The second kappa shape index (κ2) is 8.54. The average molecular weight is 434 g/mol. The molecule has 1 heterocycles. The van der Waals surface area contributed by atoms with Crippen LogP contribution in [0, 0.1) is 0 Å². The normalized spacial score (nSPS) is 11.1. The lowest BCUT2D eigenvalue weighted by atomic mass is 10.2. The summed E-state index contributed by atoms with van der Waals surface area (Å²) in [6, 6.07) is 14.0. The van der Waals surface area contributed by atoms with Gasteiger partial charge >= 0.3 is 5.97 Å². The van der Waals surface area contributed by atoms with Crippen molar-refractivity contribution >= 4 is 33.0 Å². The molecule has 0 spiro atoms. The molecule has 0 aliphatic rings. The molecule has 9 heteroatoms. The van der Waals surface area contributed by atoms with Gasteiger partial charge in [-0.2, -0.15) is 0 Å². The molecule has 1 aromatic heterocycles. The van der Waals surface area contributed by atoms with E-state index in [4.69, 9.17) is 9.47 Å². The summed E-state index contributed by atoms with van der Waals surface area (Å²) in [6.07, 6.45) is 0. The third-order valence-electron chi connectivity index (χ3n) is 4.22. The maximum atomic E-state index is 13.6. The molecule has 29 heavy (non-hydrogen) atoms. The monoisotopic (exact) mass is 433 g/mol. The predicted octanol–water partition coefficient (Wildman–Crippen LogP) is 3.86. The van der Waals surface area contributed by atoms with Crippen molar-refractivity contribution in [3.05, 3.63) is 70.4 Å². The molecule has 0 fully saturated rings. The molecule has 0 aliphatic carbocycles. The number of rotatable bonds is 8. The number of carbonyl (C=O) groups is 1. The van der Waals surface area contributed by atoms with Crippen molar-refractivity contribution in [2.45, 2.75) is 11.4 Å². The van der Waals surface area contributed by atoms with E-state index in [1.807, 2.05) is 17.5 Å². The largest absolute Gasteiger partial charge is 0.497 e. The van der Waals surface area contributed by atoms with Crippen LogP contribution in [0.4, 0.5) is 5.69 Å². The van der Waals surface area contributed by atoms with E-state index in [1.165, 1.54) is 42.0 Å². The van der Waals surface area contributed by atoms with Crippen LogP contribution in [0.25, 0.3) is 0 Å². The number of hydrogen-bond donors (Lipinski definition) is 1. The molecule has 0 aliphatic heterocycles. The highest BCUT2D eigenvalue weighted by Crippen LogP contribution is 2.33. The molecular formula is C20H19NO6S2. The highest BCUT2D eigenvalue weighted by atomic mass is 32.2. The lowest BCUT2D eigenvalue weighted by molar-refractivity contribution is 0.0696. The van der Waals surface area contributed by atoms with Crippen LogP contribution in [-0.4, -0.2) is 33.7 Å². The van der Waals surface area contributed by atoms with Crippen molar-refractivity contribution in [3.63, 3.8) is 0 Å². The maximum absolute atomic E-state index is 13.6. The fourth-order valence-electron chi connectivity index (χ4n) is 2.74. The van der Waals surface area contributed by atoms with E-state index in [0.29, 0.717) is 11.4 Å². The van der Waals surface area contributed by atoms with E-state index in [1.54, 1.807) is 24.3 Å². The fourth-order valence-corrected chi connectivity index (χ4v) is 5.14. The molecule has 0 radical (unpaired) electrons. The van der Waals surface area contributed by atoms with E-state index >= 15 is 0 Å². The van der Waals surface area contributed by atoms with E-state index in [-0.39, 0.29) is 22.8 Å². The summed E-state index contributed by atoms with van der Waals surface area (Å²) in [6.45, 7) is 0.0901. The highest BCUT2D eigenvalue weighted by Gasteiger charge is 2.30. The Morgan fingerprint density at radius 1 is 1.07 bits per heavy atom. The zero-order valence-electron chi connectivity index (χ0n) is 15.7. The van der Waals surface area contributed by atoms with Gasteiger partial charge in [-0.15, -0.1) is 11.3 Å². The Hall–Kier alpha value is -3.04. The highest BCUT2D eigenvalue weighted by molar-refractivity contribution is 7.93. The third kappa shape index (κ3) is 4.36. The van der Waals surface area contributed by atoms with Gasteiger partial charge in [0.2, 0.25) is 0 Å². The van der Waals surface area contributed by atoms with Crippen molar-refractivity contribution in [1.29, 1.82) is 0 Å². The maximum Gasteiger partial charge on any atom is 0.335 e. The molecule has 0 saturated heterocycles. The van der Waals surface area contributed by atoms with Crippen LogP contribution < -0.4 is 13.8 Å². The molecule has 7 nitrogen and oxygen atoms in total. The number of anilines is 1. The number of carboxylic acids is 1. The Morgan fingerprint density at radius 2 is 1.79 bits per heavy atom. The molecule has 3 aromatic rings. The second-order valence-corrected chi connectivity index (χ2v) is 8.82. The molecule has 2 aromatic carbocycles. The number of nitrogens with zero attached hydrogens (tertiary/aromatic N) is 1. The SMILES string of the molecule is COc1ccc(N(Cc2cccs2)S(=O)(=O)c2cc(C(=O)O)ccc2OC)cc1. The smallest absolute Gasteiger partial charge is 0.335 e. The van der Waals surface area contributed by atoms with Crippen LogP contribution in [0.1, 0.15) is 15.2 Å². The van der Waals surface area contributed by atoms with Crippen molar-refractivity contribution in [1.82, 2.24) is 0 Å². The summed E-state index contributed by atoms with van der Waals surface area (Å²) in [5.41, 5.74) is 0.275. The predicted molar refractivity (Wildman–Crippen MR) is 111 cm³/mol. The molecule has 1 N–H and O–H groups in total. The van der Waals surface area contributed by atoms with Gasteiger partial charge in [0.05, 0.1) is 32.0 Å². The number of sulfonamides is 1. The summed E-state index contributed by atoms with van der Waals surface area (Å²) < 4.78 is 38.8. The standard InChI is InChI=1S/C20H19NO6S2/c1-26-16-8-6-15(7-9-16)21(13-17-4-3-11-28-17)29(24,25)19-12-14(20(22)23)5-10-18(19)27-2/h3-12H,13H2,1-2H3,(H,22,23). The molecule has 0 bridgehead atoms. The number of carboxylic acid groups (broad SMARTS) is 1.